The molecule has 0 spiro atoms. The fourth-order valence-corrected chi connectivity index (χ4v) is 37.4. The van der Waals surface area contributed by atoms with Crippen LogP contribution in [0.4, 0.5) is 34.1 Å². The van der Waals surface area contributed by atoms with Gasteiger partial charge in [-0.2, -0.15) is 74.2 Å². The van der Waals surface area contributed by atoms with Crippen LogP contribution in [0.5, 0.6) is 11.5 Å². The van der Waals surface area contributed by atoms with E-state index in [0.29, 0.717) is 17.5 Å². The molecule has 17 heteroatoms. The third-order valence-corrected chi connectivity index (χ3v) is 48.0. The van der Waals surface area contributed by atoms with E-state index in [0.717, 1.165) is 73.6 Å². The van der Waals surface area contributed by atoms with Crippen LogP contribution in [0, 0.1) is 81.1 Å². The molecule has 123 heavy (non-hydrogen) atoms. The van der Waals surface area contributed by atoms with E-state index < -0.39 is 40.4 Å². The third-order valence-electron chi connectivity index (χ3n) is 27.3. The molecular weight excluding hydrogens is 1750 g/mol. The van der Waals surface area contributed by atoms with Gasteiger partial charge in [-0.05, 0) is 130 Å². The van der Waals surface area contributed by atoms with Crippen molar-refractivity contribution in [2.75, 3.05) is 83.0 Å². The molecule has 5 saturated carbocycles. The zero-order valence-corrected chi connectivity index (χ0v) is 96.0. The SMILES string of the molecule is C[N-]c1ccccc1[Si](C)(C)C1C(C)C(C)C(C)C1C.C[Si](C)(C)C1CCC([Si](C)(C)c2ccccc2O)C1.C[Si](C)(c1ccccc1O)C1CCCC1.C[Si](C)(c1ccccc1[N-]C1CCCCC1)C1CCCC1.[CH2-]c1ccccc1N(C)C.[CH2-]c1ccccc1N(C)C.[CH2-]c1ccccc1N(C)C.[CH2-]c1ccccc1N(C)C.[CH3-].[CH3-].[CH3-].[CH3-].[Sc+3].[Sc+3].[Sc].[Y]. The summed E-state index contributed by atoms with van der Waals surface area (Å²) < 4.78 is 0. The Morgan fingerprint density at radius 3 is 0.870 bits per heavy atom. The first kappa shape index (κ1) is 124. The van der Waals surface area contributed by atoms with Crippen molar-refractivity contribution in [2.45, 2.75) is 236 Å². The van der Waals surface area contributed by atoms with Crippen LogP contribution in [0.25, 0.3) is 10.6 Å². The Balaban J connectivity index is -0.00000135. The number of anilines is 4. The Morgan fingerprint density at radius 2 is 0.577 bits per heavy atom. The van der Waals surface area contributed by atoms with Crippen molar-refractivity contribution in [3.05, 3.63) is 284 Å². The standard InChI is InChI=1S/C19H30NSi.C18H30NSi.C16H28OSi2.C13H20OSi.4C9H12N.4CH3.3Sc.Y/c1-21(2,17-12-6-7-13-17)19-15-9-8-14-18(19)20-16-10-4-3-5-11-16;1-12-13(2)15(4)18(14(12)3)20(6,7)17-11-9-8-10-16(17)19-5;1-18(2,3)13-10-11-14(12-13)19(4,5)16-9-7-6-8-15(16)17;1-15(2,11-7-3-4-8-11)13-10-6-5-9-12(13)14;4*1-8-6-4-5-7-9(8)10(2)3;;;;;;;;/h8-9,14-17H,3-7,10-13H2,1-2H3;8-15,18H,1-7H3;6-9,13-14,17H,10-12H2,1-5H3;5-6,9-11,14H,3-4,7-8H2,1-2H3;4*4-7H,1H2,2-3H3;4*1H3;;;;/q2*-1;;;8*-1;;2*+3;. The first-order chi connectivity index (χ1) is 54.2. The predicted octanol–water partition coefficient (Wildman–Crippen LogP) is 28.4. The molecule has 0 heterocycles. The summed E-state index contributed by atoms with van der Waals surface area (Å²) in [6.45, 7) is 53.0. The molecule has 5 aliphatic rings. The van der Waals surface area contributed by atoms with Gasteiger partial charge in [0.2, 0.25) is 0 Å². The van der Waals surface area contributed by atoms with E-state index in [2.05, 4.69) is 249 Å². The number of phenols is 2. The van der Waals surface area contributed by atoms with Crippen molar-refractivity contribution < 1.29 is 120 Å². The molecule has 670 valence electrons. The molecule has 2 N–H and O–H groups in total. The number of hydrogen-bond acceptors (Lipinski definition) is 6. The van der Waals surface area contributed by atoms with E-state index in [9.17, 15) is 10.2 Å². The monoisotopic (exact) mass is 1920 g/mol. The quantitative estimate of drug-likeness (QED) is 0.0741. The van der Waals surface area contributed by atoms with Gasteiger partial charge in [-0.15, -0.1) is 48.7 Å². The van der Waals surface area contributed by atoms with Crippen molar-refractivity contribution >= 4 is 95.2 Å². The molecule has 6 unspecified atom stereocenters. The average molecular weight is 1920 g/mol. The van der Waals surface area contributed by atoms with E-state index in [1.54, 1.807) is 10.4 Å². The summed E-state index contributed by atoms with van der Waals surface area (Å²) in [6.07, 6.45) is 22.3. The van der Waals surface area contributed by atoms with Gasteiger partial charge >= 0.3 is 51.7 Å². The molecule has 6 atom stereocenters. The van der Waals surface area contributed by atoms with Crippen LogP contribution < -0.4 is 40.3 Å². The Labute approximate surface area is 845 Å². The van der Waals surface area contributed by atoms with E-state index >= 15 is 0 Å². The number of nitrogens with zero attached hydrogens (tertiary/aromatic N) is 6. The van der Waals surface area contributed by atoms with E-state index in [4.69, 9.17) is 5.32 Å². The number of benzene rings is 8. The van der Waals surface area contributed by atoms with Crippen molar-refractivity contribution in [1.29, 1.82) is 0 Å². The van der Waals surface area contributed by atoms with Crippen LogP contribution in [0.3, 0.4) is 0 Å². The van der Waals surface area contributed by atoms with Gasteiger partial charge in [-0.1, -0.05) is 369 Å². The molecule has 0 aromatic heterocycles. The Morgan fingerprint density at radius 1 is 0.317 bits per heavy atom. The molecule has 13 rings (SSSR count). The first-order valence-electron chi connectivity index (χ1n) is 43.6. The smallest absolute Gasteiger partial charge is 0.687 e. The molecule has 5 aliphatic carbocycles. The maximum Gasteiger partial charge on any atom is 3.00 e. The van der Waals surface area contributed by atoms with Gasteiger partial charge in [0.15, 0.2) is 0 Å². The van der Waals surface area contributed by atoms with Gasteiger partial charge in [-0.25, -0.2) is 0 Å². The van der Waals surface area contributed by atoms with Gasteiger partial charge in [0.25, 0.3) is 0 Å². The molecule has 8 aromatic carbocycles. The third kappa shape index (κ3) is 35.9. The summed E-state index contributed by atoms with van der Waals surface area (Å²) in [5.74, 6) is 4.37. The summed E-state index contributed by atoms with van der Waals surface area (Å²) in [7, 11) is 11.2. The van der Waals surface area contributed by atoms with Crippen molar-refractivity contribution in [2.24, 2.45) is 23.7 Å². The molecule has 0 aliphatic heterocycles. The molecule has 0 bridgehead atoms. The van der Waals surface area contributed by atoms with Gasteiger partial charge < -0.3 is 70.2 Å². The van der Waals surface area contributed by atoms with E-state index in [1.165, 1.54) is 147 Å². The summed E-state index contributed by atoms with van der Waals surface area (Å²) in [6, 6.07) is 66.8. The van der Waals surface area contributed by atoms with Crippen LogP contribution in [0.15, 0.2) is 194 Å². The van der Waals surface area contributed by atoms with Crippen molar-refractivity contribution in [3.63, 3.8) is 0 Å². The second-order valence-electron chi connectivity index (χ2n) is 38.2. The molecule has 5 fully saturated rings. The number of para-hydroxylation sites is 8. The largest absolute Gasteiger partial charge is 3.00 e. The van der Waals surface area contributed by atoms with E-state index in [-0.39, 0.29) is 140 Å². The zero-order chi connectivity index (χ0) is 85.2. The van der Waals surface area contributed by atoms with Crippen molar-refractivity contribution in [1.82, 2.24) is 0 Å². The van der Waals surface area contributed by atoms with Gasteiger partial charge in [-0.3, -0.25) is 0 Å². The summed E-state index contributed by atoms with van der Waals surface area (Å²) in [5, 5.41) is 35.5. The minimum atomic E-state index is -1.54. The fourth-order valence-electron chi connectivity index (χ4n) is 19.5. The fraction of sp³-hybridized carbons (Fsp3) is 0.472. The molecule has 0 saturated heterocycles. The van der Waals surface area contributed by atoms with Crippen LogP contribution in [0.1, 0.15) is 153 Å². The second-order valence-corrected chi connectivity index (χ2v) is 62.8. The topological polar surface area (TPSA) is 81.6 Å². The summed E-state index contributed by atoms with van der Waals surface area (Å²) in [5.41, 5.74) is 16.1. The van der Waals surface area contributed by atoms with Crippen LogP contribution in [-0.4, -0.2) is 120 Å². The normalized spacial score (nSPS) is 18.4. The Kier molecular flexibility index (Phi) is 59.2. The molecule has 8 aromatic rings. The zero-order valence-electron chi connectivity index (χ0n) is 82.8. The predicted molar refractivity (Wildman–Crippen MR) is 553 cm³/mol. The minimum absolute atomic E-state index is 0. The number of aromatic hydroxyl groups is 2. The molecule has 0 amide bonds. The maximum atomic E-state index is 10.2. The Hall–Kier alpha value is -3.56. The first-order valence-corrected chi connectivity index (χ1v) is 59.5. The number of hydrogen-bond donors (Lipinski definition) is 2. The molecule has 2 radical (unpaired) electrons. The Bertz CT molecular complexity index is 3960. The maximum absolute atomic E-state index is 10.2. The van der Waals surface area contributed by atoms with Gasteiger partial charge in [0, 0.05) is 66.6 Å². The minimum Gasteiger partial charge on any atom is -0.687 e. The van der Waals surface area contributed by atoms with Crippen molar-refractivity contribution in [3.8, 4) is 11.5 Å². The number of rotatable bonds is 16. The van der Waals surface area contributed by atoms with Crippen LogP contribution >= 0.6 is 0 Å². The van der Waals surface area contributed by atoms with E-state index in [1.807, 2.05) is 160 Å². The average Bonchev–Trinajstić information content (AvgIpc) is 1.58. The second kappa shape index (κ2) is 59.0. The molecular formula is C106H168N6O2Sc3Si5Y-4. The van der Waals surface area contributed by atoms with Crippen LogP contribution in [0.2, 0.25) is 99.7 Å². The van der Waals surface area contributed by atoms with Gasteiger partial charge in [0.05, 0.1) is 32.3 Å². The van der Waals surface area contributed by atoms with Crippen LogP contribution in [-0.2, 0) is 110 Å². The van der Waals surface area contributed by atoms with Gasteiger partial charge in [0.1, 0.15) is 11.5 Å². The summed E-state index contributed by atoms with van der Waals surface area (Å²) in [4.78, 5) is 8.23. The summed E-state index contributed by atoms with van der Waals surface area (Å²) >= 11 is 0. The number of phenolic OH excluding ortho intramolecular Hbond substituents is 2. The molecule has 8 nitrogen and oxygen atoms in total.